The van der Waals surface area contributed by atoms with Gasteiger partial charge < -0.3 is 4.74 Å². The number of rotatable bonds is 4. The Hall–Kier alpha value is 0.240. The maximum absolute atomic E-state index is 13.2. The summed E-state index contributed by atoms with van der Waals surface area (Å²) in [6, 6.07) is 0. The van der Waals surface area contributed by atoms with Crippen LogP contribution in [0.1, 0.15) is 38.5 Å². The van der Waals surface area contributed by atoms with Crippen molar-refractivity contribution in [3.05, 3.63) is 0 Å². The average Bonchev–Trinajstić information content (AvgIpc) is 2.32. The quantitative estimate of drug-likeness (QED) is 0.477. The average molecular weight is 347 g/mol. The van der Waals surface area contributed by atoms with E-state index in [4.69, 9.17) is 4.55 Å². The van der Waals surface area contributed by atoms with E-state index in [2.05, 4.69) is 4.74 Å². The van der Waals surface area contributed by atoms with Crippen molar-refractivity contribution in [3.8, 4) is 0 Å². The van der Waals surface area contributed by atoms with Crippen LogP contribution in [-0.4, -0.2) is 60.4 Å². The van der Waals surface area contributed by atoms with Crippen LogP contribution in [-0.2, 0) is 19.6 Å². The van der Waals surface area contributed by atoms with E-state index in [9.17, 15) is 22.0 Å². The number of alkyl halides is 2. The van der Waals surface area contributed by atoms with Crippen LogP contribution in [0.15, 0.2) is 0 Å². The van der Waals surface area contributed by atoms with Gasteiger partial charge in [0.25, 0.3) is 0 Å². The molecule has 0 saturated heterocycles. The van der Waals surface area contributed by atoms with E-state index in [-0.39, 0.29) is 41.6 Å². The normalized spacial score (nSPS) is 36.8. The van der Waals surface area contributed by atoms with Gasteiger partial charge in [0.1, 0.15) is 0 Å². The van der Waals surface area contributed by atoms with Crippen LogP contribution in [0.3, 0.4) is 0 Å². The van der Waals surface area contributed by atoms with E-state index in [0.717, 1.165) is 38.5 Å². The molecule has 4 aliphatic rings. The Morgan fingerprint density at radius 3 is 1.91 bits per heavy atom. The van der Waals surface area contributed by atoms with Crippen LogP contribution in [0.25, 0.3) is 0 Å². The smallest absolute Gasteiger partial charge is 0.460 e. The van der Waals surface area contributed by atoms with Gasteiger partial charge in [0, 0.05) is 35.0 Å². The van der Waals surface area contributed by atoms with Crippen LogP contribution in [0.2, 0.25) is 0 Å². The first-order chi connectivity index (χ1) is 9.61. The summed E-state index contributed by atoms with van der Waals surface area (Å²) in [5.41, 5.74) is -0.278. The molecule has 0 aromatic heterocycles. The first-order valence-corrected chi connectivity index (χ1v) is 8.57. The van der Waals surface area contributed by atoms with Crippen molar-refractivity contribution in [1.29, 1.82) is 0 Å². The standard InChI is InChI=1S/C13H18F2O5S.Na/c14-13(15,21(17,18)19)11(16)20-7-12-4-8-1-9(5-12)3-10(2-8)6-12;/h8-10H,1-7H2,(H,17,18,19);. The predicted octanol–water partition coefficient (Wildman–Crippen LogP) is 1.85. The minimum Gasteiger partial charge on any atom is -0.460 e. The minimum atomic E-state index is -5.79. The number of esters is 1. The Morgan fingerprint density at radius 2 is 1.55 bits per heavy atom. The molecule has 0 aromatic carbocycles. The van der Waals surface area contributed by atoms with Crippen LogP contribution >= 0.6 is 0 Å². The van der Waals surface area contributed by atoms with E-state index in [1.165, 1.54) is 0 Å². The molecule has 1 radical (unpaired) electrons. The number of hydrogen-bond donors (Lipinski definition) is 1. The topological polar surface area (TPSA) is 80.7 Å². The number of carbonyl (C=O) groups is 1. The molecule has 22 heavy (non-hydrogen) atoms. The molecule has 1 N–H and O–H groups in total. The molecule has 0 aromatic rings. The van der Waals surface area contributed by atoms with Gasteiger partial charge >= 0.3 is 21.3 Å². The second kappa shape index (κ2) is 5.95. The summed E-state index contributed by atoms with van der Waals surface area (Å²) in [5.74, 6) is -0.480. The largest absolute Gasteiger partial charge is 0.465 e. The third-order valence-corrected chi connectivity index (χ3v) is 6.05. The maximum atomic E-state index is 13.2. The van der Waals surface area contributed by atoms with Gasteiger partial charge in [-0.2, -0.15) is 17.2 Å². The molecular weight excluding hydrogens is 329 g/mol. The molecule has 5 nitrogen and oxygen atoms in total. The Labute approximate surface area is 150 Å². The van der Waals surface area contributed by atoms with Crippen molar-refractivity contribution in [1.82, 2.24) is 0 Å². The molecule has 4 aliphatic carbocycles. The van der Waals surface area contributed by atoms with E-state index >= 15 is 0 Å². The summed E-state index contributed by atoms with van der Waals surface area (Å²) < 4.78 is 60.4. The van der Waals surface area contributed by atoms with Gasteiger partial charge in [-0.25, -0.2) is 4.79 Å². The molecule has 0 spiro atoms. The number of carbonyl (C=O) groups excluding carboxylic acids is 1. The Balaban J connectivity index is 0.00000176. The fraction of sp³-hybridized carbons (Fsp3) is 0.923. The van der Waals surface area contributed by atoms with E-state index < -0.39 is 21.3 Å². The Kier molecular flexibility index (Phi) is 5.02. The summed E-state index contributed by atoms with van der Waals surface area (Å²) in [5, 5.41) is -4.89. The molecular formula is C13H18F2NaO5S. The second-order valence-corrected chi connectivity index (χ2v) is 8.45. The first-order valence-electron chi connectivity index (χ1n) is 7.13. The summed E-state index contributed by atoms with van der Waals surface area (Å²) in [6.07, 6.45) is 6.04. The van der Waals surface area contributed by atoms with Crippen LogP contribution in [0.5, 0.6) is 0 Å². The molecule has 4 saturated carbocycles. The number of halogens is 2. The second-order valence-electron chi connectivity index (χ2n) is 6.99. The molecule has 0 amide bonds. The summed E-state index contributed by atoms with van der Waals surface area (Å²) in [7, 11) is -5.79. The van der Waals surface area contributed by atoms with Gasteiger partial charge in [-0.3, -0.25) is 4.55 Å². The fourth-order valence-corrected chi connectivity index (χ4v) is 5.14. The SMILES string of the molecule is O=C(OCC12CC3CC(CC(C3)C1)C2)C(F)(F)S(=O)(=O)O.[Na]. The van der Waals surface area contributed by atoms with Crippen molar-refractivity contribution >= 4 is 45.6 Å². The van der Waals surface area contributed by atoms with Gasteiger partial charge in [0.2, 0.25) is 0 Å². The van der Waals surface area contributed by atoms with Crippen molar-refractivity contribution in [3.63, 3.8) is 0 Å². The van der Waals surface area contributed by atoms with Gasteiger partial charge in [-0.05, 0) is 56.3 Å². The van der Waals surface area contributed by atoms with Crippen molar-refractivity contribution in [2.75, 3.05) is 6.61 Å². The van der Waals surface area contributed by atoms with Gasteiger partial charge in [0.15, 0.2) is 0 Å². The molecule has 9 heteroatoms. The number of hydrogen-bond acceptors (Lipinski definition) is 4. The van der Waals surface area contributed by atoms with E-state index in [0.29, 0.717) is 17.8 Å². The zero-order chi connectivity index (χ0) is 15.5. The maximum Gasteiger partial charge on any atom is 0.465 e. The predicted molar refractivity (Wildman–Crippen MR) is 73.8 cm³/mol. The van der Waals surface area contributed by atoms with Crippen LogP contribution in [0, 0.1) is 23.2 Å². The molecule has 0 aliphatic heterocycles. The molecule has 0 heterocycles. The van der Waals surface area contributed by atoms with E-state index in [1.54, 1.807) is 0 Å². The van der Waals surface area contributed by atoms with Gasteiger partial charge in [0.05, 0.1) is 6.61 Å². The van der Waals surface area contributed by atoms with Crippen LogP contribution < -0.4 is 0 Å². The van der Waals surface area contributed by atoms with E-state index in [1.807, 2.05) is 0 Å². The fourth-order valence-electron chi connectivity index (χ4n) is 4.87. The van der Waals surface area contributed by atoms with Crippen molar-refractivity contribution < 1.29 is 31.3 Å². The first kappa shape index (κ1) is 18.6. The molecule has 4 rings (SSSR count). The zero-order valence-electron chi connectivity index (χ0n) is 12.4. The Morgan fingerprint density at radius 1 is 1.14 bits per heavy atom. The van der Waals surface area contributed by atoms with Crippen LogP contribution in [0.4, 0.5) is 8.78 Å². The van der Waals surface area contributed by atoms with Crippen molar-refractivity contribution in [2.45, 2.75) is 43.8 Å². The number of ether oxygens (including phenoxy) is 1. The van der Waals surface area contributed by atoms with Crippen molar-refractivity contribution in [2.24, 2.45) is 23.2 Å². The molecule has 0 atom stereocenters. The third kappa shape index (κ3) is 3.22. The zero-order valence-corrected chi connectivity index (χ0v) is 15.2. The van der Waals surface area contributed by atoms with Gasteiger partial charge in [-0.1, -0.05) is 0 Å². The minimum absolute atomic E-state index is 0. The summed E-state index contributed by atoms with van der Waals surface area (Å²) in [4.78, 5) is 11.3. The molecule has 4 fully saturated rings. The molecule has 0 unspecified atom stereocenters. The summed E-state index contributed by atoms with van der Waals surface area (Å²) >= 11 is 0. The third-order valence-electron chi connectivity index (χ3n) is 5.24. The van der Waals surface area contributed by atoms with Gasteiger partial charge in [-0.15, -0.1) is 0 Å². The molecule has 121 valence electrons. The Bertz CT molecular complexity index is 527. The monoisotopic (exact) mass is 347 g/mol. The summed E-state index contributed by atoms with van der Waals surface area (Å²) in [6.45, 7) is -0.180. The molecule has 4 bridgehead atoms.